The Balaban J connectivity index is 1.71. The molecule has 0 amide bonds. The first-order valence-electron chi connectivity index (χ1n) is 5.53. The molecule has 1 aromatic heterocycles. The summed E-state index contributed by atoms with van der Waals surface area (Å²) in [6, 6.07) is 8.36. The summed E-state index contributed by atoms with van der Waals surface area (Å²) >= 11 is 0. The number of aromatic amines is 1. The molecule has 2 N–H and O–H groups in total. The number of anilines is 1. The molecule has 3 heteroatoms. The zero-order chi connectivity index (χ0) is 10.8. The van der Waals surface area contributed by atoms with Crippen molar-refractivity contribution in [2.24, 2.45) is 0 Å². The van der Waals surface area contributed by atoms with Crippen LogP contribution in [0.2, 0.25) is 0 Å². The molecule has 3 rings (SSSR count). The van der Waals surface area contributed by atoms with Crippen molar-refractivity contribution >= 4 is 5.69 Å². The standard InChI is InChI=1S/C13H14N2O/c1-2-13-11(4-6-16-13)7-12(1)15-9-10-3-5-14-8-10/h1-3,5,7-8,14-15H,4,6,9H2. The monoisotopic (exact) mass is 214 g/mol. The Morgan fingerprint density at radius 1 is 1.31 bits per heavy atom. The summed E-state index contributed by atoms with van der Waals surface area (Å²) in [5, 5.41) is 3.40. The van der Waals surface area contributed by atoms with Crippen LogP contribution in [0, 0.1) is 0 Å². The molecule has 0 bridgehead atoms. The minimum Gasteiger partial charge on any atom is -0.493 e. The average molecular weight is 214 g/mol. The lowest BCUT2D eigenvalue weighted by Gasteiger charge is -2.06. The van der Waals surface area contributed by atoms with Crippen LogP contribution in [0.25, 0.3) is 0 Å². The van der Waals surface area contributed by atoms with Gasteiger partial charge in [0.2, 0.25) is 0 Å². The van der Waals surface area contributed by atoms with Crippen LogP contribution in [0.5, 0.6) is 5.75 Å². The molecule has 0 saturated heterocycles. The summed E-state index contributed by atoms with van der Waals surface area (Å²) in [4.78, 5) is 3.05. The molecular formula is C13H14N2O. The summed E-state index contributed by atoms with van der Waals surface area (Å²) in [6.45, 7) is 1.67. The van der Waals surface area contributed by atoms with Gasteiger partial charge in [-0.15, -0.1) is 0 Å². The van der Waals surface area contributed by atoms with Gasteiger partial charge in [-0.05, 0) is 35.4 Å². The Hall–Kier alpha value is -1.90. The van der Waals surface area contributed by atoms with Gasteiger partial charge in [-0.3, -0.25) is 0 Å². The van der Waals surface area contributed by atoms with Gasteiger partial charge < -0.3 is 15.0 Å². The van der Waals surface area contributed by atoms with E-state index < -0.39 is 0 Å². The van der Waals surface area contributed by atoms with Crippen molar-refractivity contribution in [2.75, 3.05) is 11.9 Å². The molecule has 1 aliphatic heterocycles. The van der Waals surface area contributed by atoms with Gasteiger partial charge in [-0.2, -0.15) is 0 Å². The predicted octanol–water partition coefficient (Wildman–Crippen LogP) is 2.56. The van der Waals surface area contributed by atoms with E-state index in [1.807, 2.05) is 18.5 Å². The normalized spacial score (nSPS) is 13.2. The van der Waals surface area contributed by atoms with Gasteiger partial charge in [0.05, 0.1) is 6.61 Å². The number of aromatic nitrogens is 1. The minimum absolute atomic E-state index is 0.816. The van der Waals surface area contributed by atoms with Gasteiger partial charge in [0.1, 0.15) is 5.75 Å². The highest BCUT2D eigenvalue weighted by atomic mass is 16.5. The quantitative estimate of drug-likeness (QED) is 0.824. The summed E-state index contributed by atoms with van der Waals surface area (Å²) in [7, 11) is 0. The summed E-state index contributed by atoms with van der Waals surface area (Å²) in [5.74, 6) is 1.03. The highest BCUT2D eigenvalue weighted by molar-refractivity contribution is 5.52. The van der Waals surface area contributed by atoms with Crippen LogP contribution in [-0.2, 0) is 13.0 Å². The molecule has 0 spiro atoms. The van der Waals surface area contributed by atoms with Crippen LogP contribution in [0.1, 0.15) is 11.1 Å². The number of nitrogens with one attached hydrogen (secondary N) is 2. The number of ether oxygens (including phenoxy) is 1. The number of hydrogen-bond acceptors (Lipinski definition) is 2. The van der Waals surface area contributed by atoms with Gasteiger partial charge in [0, 0.05) is 31.0 Å². The largest absolute Gasteiger partial charge is 0.493 e. The van der Waals surface area contributed by atoms with Crippen LogP contribution < -0.4 is 10.1 Å². The highest BCUT2D eigenvalue weighted by Gasteiger charge is 2.11. The Morgan fingerprint density at radius 3 is 3.19 bits per heavy atom. The van der Waals surface area contributed by atoms with Gasteiger partial charge in [0.25, 0.3) is 0 Å². The molecule has 1 aliphatic rings. The zero-order valence-corrected chi connectivity index (χ0v) is 8.99. The summed E-state index contributed by atoms with van der Waals surface area (Å²) in [6.07, 6.45) is 4.96. The molecule has 16 heavy (non-hydrogen) atoms. The van der Waals surface area contributed by atoms with Crippen LogP contribution in [0.15, 0.2) is 36.7 Å². The van der Waals surface area contributed by atoms with E-state index in [-0.39, 0.29) is 0 Å². The van der Waals surface area contributed by atoms with Crippen molar-refractivity contribution in [3.63, 3.8) is 0 Å². The maximum absolute atomic E-state index is 5.47. The van der Waals surface area contributed by atoms with Crippen LogP contribution in [0.3, 0.4) is 0 Å². The highest BCUT2D eigenvalue weighted by Crippen LogP contribution is 2.27. The maximum Gasteiger partial charge on any atom is 0.122 e. The van der Waals surface area contributed by atoms with Crippen molar-refractivity contribution in [1.82, 2.24) is 4.98 Å². The van der Waals surface area contributed by atoms with E-state index >= 15 is 0 Å². The number of hydrogen-bond donors (Lipinski definition) is 2. The van der Waals surface area contributed by atoms with Crippen molar-refractivity contribution in [3.8, 4) is 5.75 Å². The first-order chi connectivity index (χ1) is 7.92. The average Bonchev–Trinajstić information content (AvgIpc) is 2.97. The van der Waals surface area contributed by atoms with Crippen molar-refractivity contribution in [3.05, 3.63) is 47.8 Å². The van der Waals surface area contributed by atoms with E-state index in [4.69, 9.17) is 4.74 Å². The number of benzene rings is 1. The van der Waals surface area contributed by atoms with E-state index in [0.29, 0.717) is 0 Å². The summed E-state index contributed by atoms with van der Waals surface area (Å²) < 4.78 is 5.47. The maximum atomic E-state index is 5.47. The second-order valence-corrected chi connectivity index (χ2v) is 3.99. The number of H-pyrrole nitrogens is 1. The smallest absolute Gasteiger partial charge is 0.122 e. The fourth-order valence-corrected chi connectivity index (χ4v) is 1.97. The Labute approximate surface area is 94.5 Å². The molecule has 0 fully saturated rings. The van der Waals surface area contributed by atoms with E-state index in [0.717, 1.165) is 31.0 Å². The van der Waals surface area contributed by atoms with E-state index in [9.17, 15) is 0 Å². The van der Waals surface area contributed by atoms with Crippen molar-refractivity contribution in [1.29, 1.82) is 0 Å². The van der Waals surface area contributed by atoms with Crippen LogP contribution >= 0.6 is 0 Å². The van der Waals surface area contributed by atoms with E-state index in [1.165, 1.54) is 11.1 Å². The van der Waals surface area contributed by atoms with Gasteiger partial charge in [0.15, 0.2) is 0 Å². The molecule has 82 valence electrons. The first-order valence-corrected chi connectivity index (χ1v) is 5.53. The Bertz CT molecular complexity index is 477. The summed E-state index contributed by atoms with van der Waals surface area (Å²) in [5.41, 5.74) is 3.72. The van der Waals surface area contributed by atoms with Crippen molar-refractivity contribution < 1.29 is 4.74 Å². The Kier molecular flexibility index (Phi) is 2.29. The molecule has 0 radical (unpaired) electrons. The fourth-order valence-electron chi connectivity index (χ4n) is 1.97. The lowest BCUT2D eigenvalue weighted by atomic mass is 10.1. The third kappa shape index (κ3) is 1.76. The van der Waals surface area contributed by atoms with Gasteiger partial charge in [-0.25, -0.2) is 0 Å². The van der Waals surface area contributed by atoms with Crippen molar-refractivity contribution in [2.45, 2.75) is 13.0 Å². The molecule has 0 unspecified atom stereocenters. The molecule has 0 atom stereocenters. The number of fused-ring (bicyclic) bond motifs is 1. The van der Waals surface area contributed by atoms with Crippen LogP contribution in [-0.4, -0.2) is 11.6 Å². The third-order valence-corrected chi connectivity index (χ3v) is 2.85. The molecule has 0 saturated carbocycles. The van der Waals surface area contributed by atoms with E-state index in [1.54, 1.807) is 0 Å². The predicted molar refractivity (Wildman–Crippen MR) is 63.8 cm³/mol. The second kappa shape index (κ2) is 3.93. The zero-order valence-electron chi connectivity index (χ0n) is 8.99. The SMILES string of the molecule is c1cc(CNc2ccc3c(c2)CCO3)c[nH]1. The molecular weight excluding hydrogens is 200 g/mol. The molecule has 1 aromatic carbocycles. The molecule has 2 heterocycles. The lowest BCUT2D eigenvalue weighted by Crippen LogP contribution is -1.98. The molecule has 0 aliphatic carbocycles. The van der Waals surface area contributed by atoms with Gasteiger partial charge >= 0.3 is 0 Å². The topological polar surface area (TPSA) is 37.0 Å². The van der Waals surface area contributed by atoms with Crippen LogP contribution in [0.4, 0.5) is 5.69 Å². The third-order valence-electron chi connectivity index (χ3n) is 2.85. The van der Waals surface area contributed by atoms with Gasteiger partial charge in [-0.1, -0.05) is 0 Å². The minimum atomic E-state index is 0.816. The lowest BCUT2D eigenvalue weighted by molar-refractivity contribution is 0.357. The number of rotatable bonds is 3. The van der Waals surface area contributed by atoms with E-state index in [2.05, 4.69) is 28.5 Å². The molecule has 2 aromatic rings. The first kappa shape index (κ1) is 9.33. The Morgan fingerprint density at radius 2 is 2.31 bits per heavy atom. The second-order valence-electron chi connectivity index (χ2n) is 3.99. The molecule has 3 nitrogen and oxygen atoms in total. The fraction of sp³-hybridized carbons (Fsp3) is 0.231.